The van der Waals surface area contributed by atoms with Crippen LogP contribution in [0.4, 0.5) is 0 Å². The Balaban J connectivity index is 3.39. The molecule has 5 nitrogen and oxygen atoms in total. The van der Waals surface area contributed by atoms with Crippen molar-refractivity contribution in [2.24, 2.45) is 0 Å². The lowest BCUT2D eigenvalue weighted by atomic mass is 10.3. The number of nitrogens with one attached hydrogen (secondary N) is 1. The van der Waals surface area contributed by atoms with Crippen molar-refractivity contribution in [3.05, 3.63) is 0 Å². The van der Waals surface area contributed by atoms with Crippen LogP contribution in [-0.2, 0) is 9.59 Å². The first-order valence-corrected chi connectivity index (χ1v) is 3.22. The van der Waals surface area contributed by atoms with Crippen LogP contribution in [0.15, 0.2) is 0 Å². The van der Waals surface area contributed by atoms with Gasteiger partial charge in [-0.05, 0) is 6.92 Å². The van der Waals surface area contributed by atoms with Gasteiger partial charge >= 0.3 is 11.9 Å². The lowest BCUT2D eigenvalue weighted by Crippen LogP contribution is -2.34. The highest BCUT2D eigenvalue weighted by molar-refractivity contribution is 5.73. The lowest BCUT2D eigenvalue weighted by Gasteiger charge is -2.06. The fourth-order valence-corrected chi connectivity index (χ4v) is 0.483. The Morgan fingerprint density at radius 3 is 2.36 bits per heavy atom. The molecule has 0 aliphatic rings. The summed E-state index contributed by atoms with van der Waals surface area (Å²) in [5.74, 6) is -1.91. The van der Waals surface area contributed by atoms with Crippen LogP contribution in [0.5, 0.6) is 0 Å². The number of carboxylic acids is 2. The van der Waals surface area contributed by atoms with Crippen molar-refractivity contribution in [2.45, 2.75) is 19.4 Å². The van der Waals surface area contributed by atoms with Gasteiger partial charge < -0.3 is 15.5 Å². The molecular weight excluding hydrogens is 150 g/mol. The third-order valence-corrected chi connectivity index (χ3v) is 1.16. The summed E-state index contributed by atoms with van der Waals surface area (Å²) in [5.41, 5.74) is 0. The van der Waals surface area contributed by atoms with Crippen LogP contribution < -0.4 is 5.32 Å². The van der Waals surface area contributed by atoms with Gasteiger partial charge in [0.1, 0.15) is 6.04 Å². The first-order chi connectivity index (χ1) is 5.04. The van der Waals surface area contributed by atoms with E-state index in [1.54, 1.807) is 0 Å². The monoisotopic (exact) mass is 161 g/mol. The van der Waals surface area contributed by atoms with Gasteiger partial charge in [0, 0.05) is 6.54 Å². The van der Waals surface area contributed by atoms with Crippen LogP contribution in [-0.4, -0.2) is 34.7 Å². The first-order valence-electron chi connectivity index (χ1n) is 3.22. The Kier molecular flexibility index (Phi) is 4.21. The van der Waals surface area contributed by atoms with E-state index in [4.69, 9.17) is 10.2 Å². The Labute approximate surface area is 64.0 Å². The van der Waals surface area contributed by atoms with Gasteiger partial charge in [0.2, 0.25) is 0 Å². The minimum absolute atomic E-state index is 0.0579. The summed E-state index contributed by atoms with van der Waals surface area (Å²) in [6.45, 7) is 1.65. The number of carbonyl (C=O) groups is 2. The zero-order valence-corrected chi connectivity index (χ0v) is 6.20. The SMILES string of the molecule is C[C@H](NCCC(=O)O)C(=O)O. The second kappa shape index (κ2) is 4.68. The molecule has 0 aromatic heterocycles. The summed E-state index contributed by atoms with van der Waals surface area (Å²) < 4.78 is 0. The third kappa shape index (κ3) is 5.35. The summed E-state index contributed by atoms with van der Waals surface area (Å²) in [6, 6.07) is -0.686. The summed E-state index contributed by atoms with van der Waals surface area (Å²) in [7, 11) is 0. The molecule has 11 heavy (non-hydrogen) atoms. The van der Waals surface area contributed by atoms with Crippen molar-refractivity contribution in [1.82, 2.24) is 5.32 Å². The van der Waals surface area contributed by atoms with Gasteiger partial charge in [0.15, 0.2) is 0 Å². The van der Waals surface area contributed by atoms with E-state index in [9.17, 15) is 9.59 Å². The van der Waals surface area contributed by atoms with Gasteiger partial charge in [-0.25, -0.2) is 0 Å². The first kappa shape index (κ1) is 9.90. The molecular formula is C6H11NO4. The van der Waals surface area contributed by atoms with E-state index in [1.165, 1.54) is 6.92 Å². The fourth-order valence-electron chi connectivity index (χ4n) is 0.483. The zero-order valence-electron chi connectivity index (χ0n) is 6.20. The van der Waals surface area contributed by atoms with Crippen LogP contribution in [0.1, 0.15) is 13.3 Å². The summed E-state index contributed by atoms with van der Waals surface area (Å²) >= 11 is 0. The molecule has 0 aliphatic carbocycles. The molecule has 64 valence electrons. The Morgan fingerprint density at radius 1 is 1.45 bits per heavy atom. The molecule has 0 saturated carbocycles. The van der Waals surface area contributed by atoms with Crippen molar-refractivity contribution in [3.8, 4) is 0 Å². The molecule has 0 rings (SSSR count). The van der Waals surface area contributed by atoms with E-state index in [1.807, 2.05) is 0 Å². The highest BCUT2D eigenvalue weighted by Crippen LogP contribution is 1.82. The standard InChI is InChI=1S/C6H11NO4/c1-4(6(10)11)7-3-2-5(8)9/h4,7H,2-3H2,1H3,(H,8,9)(H,10,11)/t4-/m0/s1. The highest BCUT2D eigenvalue weighted by Gasteiger charge is 2.09. The smallest absolute Gasteiger partial charge is 0.320 e. The van der Waals surface area contributed by atoms with Crippen molar-refractivity contribution in [2.75, 3.05) is 6.54 Å². The van der Waals surface area contributed by atoms with E-state index in [2.05, 4.69) is 5.32 Å². The molecule has 0 bridgehead atoms. The van der Waals surface area contributed by atoms with E-state index >= 15 is 0 Å². The predicted molar refractivity (Wildman–Crippen MR) is 37.4 cm³/mol. The molecule has 0 aromatic carbocycles. The molecule has 0 radical (unpaired) electrons. The summed E-state index contributed by atoms with van der Waals surface area (Å²) in [5, 5.41) is 19.0. The van der Waals surface area contributed by atoms with Gasteiger partial charge in [-0.3, -0.25) is 9.59 Å². The average Bonchev–Trinajstić information content (AvgIpc) is 1.86. The quantitative estimate of drug-likeness (QED) is 0.507. The molecule has 5 heteroatoms. The molecule has 0 spiro atoms. The molecule has 0 heterocycles. The second-order valence-electron chi connectivity index (χ2n) is 2.16. The van der Waals surface area contributed by atoms with Crippen LogP contribution in [0.3, 0.4) is 0 Å². The largest absolute Gasteiger partial charge is 0.481 e. The molecule has 0 aliphatic heterocycles. The number of hydrogen-bond acceptors (Lipinski definition) is 3. The van der Waals surface area contributed by atoms with Crippen molar-refractivity contribution >= 4 is 11.9 Å². The zero-order chi connectivity index (χ0) is 8.85. The number of rotatable bonds is 5. The molecule has 1 atom stereocenters. The Bertz CT molecular complexity index is 157. The van der Waals surface area contributed by atoms with E-state index in [0.717, 1.165) is 0 Å². The number of carboxylic acid groups (broad SMARTS) is 2. The maximum atomic E-state index is 10.2. The normalized spacial score (nSPS) is 12.5. The summed E-state index contributed by atoms with van der Waals surface area (Å²) in [6.07, 6.45) is -0.0579. The van der Waals surface area contributed by atoms with Crippen molar-refractivity contribution < 1.29 is 19.8 Å². The maximum Gasteiger partial charge on any atom is 0.320 e. The van der Waals surface area contributed by atoms with Crippen LogP contribution in [0.25, 0.3) is 0 Å². The molecule has 0 saturated heterocycles. The van der Waals surface area contributed by atoms with E-state index in [-0.39, 0.29) is 13.0 Å². The van der Waals surface area contributed by atoms with Gasteiger partial charge in [-0.15, -0.1) is 0 Å². The van der Waals surface area contributed by atoms with Gasteiger partial charge in [0.05, 0.1) is 6.42 Å². The van der Waals surface area contributed by atoms with Crippen LogP contribution >= 0.6 is 0 Å². The minimum atomic E-state index is -0.976. The van der Waals surface area contributed by atoms with E-state index in [0.29, 0.717) is 0 Å². The average molecular weight is 161 g/mol. The Morgan fingerprint density at radius 2 is 2.00 bits per heavy atom. The molecule has 3 N–H and O–H groups in total. The second-order valence-corrected chi connectivity index (χ2v) is 2.16. The predicted octanol–water partition coefficient (Wildman–Crippen LogP) is -0.476. The van der Waals surface area contributed by atoms with Crippen LogP contribution in [0.2, 0.25) is 0 Å². The molecule has 0 aromatic rings. The van der Waals surface area contributed by atoms with Gasteiger partial charge in [-0.2, -0.15) is 0 Å². The van der Waals surface area contributed by atoms with E-state index < -0.39 is 18.0 Å². The van der Waals surface area contributed by atoms with Crippen molar-refractivity contribution in [3.63, 3.8) is 0 Å². The molecule has 0 amide bonds. The molecule has 0 unspecified atom stereocenters. The van der Waals surface area contributed by atoms with Gasteiger partial charge in [0.25, 0.3) is 0 Å². The Hall–Kier alpha value is -1.10. The number of aliphatic carboxylic acids is 2. The third-order valence-electron chi connectivity index (χ3n) is 1.16. The van der Waals surface area contributed by atoms with Gasteiger partial charge in [-0.1, -0.05) is 0 Å². The van der Waals surface area contributed by atoms with Crippen LogP contribution in [0, 0.1) is 0 Å². The molecule has 0 fully saturated rings. The highest BCUT2D eigenvalue weighted by atomic mass is 16.4. The van der Waals surface area contributed by atoms with Crippen molar-refractivity contribution in [1.29, 1.82) is 0 Å². The lowest BCUT2D eigenvalue weighted by molar-refractivity contribution is -0.140. The fraction of sp³-hybridized carbons (Fsp3) is 0.667. The maximum absolute atomic E-state index is 10.2. The topological polar surface area (TPSA) is 86.6 Å². The number of hydrogen-bond donors (Lipinski definition) is 3. The summed E-state index contributed by atoms with van der Waals surface area (Å²) in [4.78, 5) is 20.1. The minimum Gasteiger partial charge on any atom is -0.481 e.